The van der Waals surface area contributed by atoms with Crippen LogP contribution in [-0.4, -0.2) is 33.8 Å². The highest BCUT2D eigenvalue weighted by Crippen LogP contribution is 2.20. The van der Waals surface area contributed by atoms with Gasteiger partial charge in [0, 0.05) is 22.7 Å². The zero-order chi connectivity index (χ0) is 17.0. The van der Waals surface area contributed by atoms with Crippen LogP contribution in [0.4, 0.5) is 5.13 Å². The zero-order valence-electron chi connectivity index (χ0n) is 13.8. The maximum atomic E-state index is 12.9. The van der Waals surface area contributed by atoms with E-state index in [9.17, 15) is 9.59 Å². The largest absolute Gasteiger partial charge is 0.324 e. The number of nitrogens with one attached hydrogen (secondary N) is 1. The molecule has 0 saturated carbocycles. The van der Waals surface area contributed by atoms with E-state index in [-0.39, 0.29) is 18.4 Å². The van der Waals surface area contributed by atoms with Gasteiger partial charge in [0.05, 0.1) is 0 Å². The van der Waals surface area contributed by atoms with Crippen molar-refractivity contribution in [2.75, 3.05) is 11.9 Å². The second kappa shape index (κ2) is 6.91. The molecule has 0 aliphatic rings. The molecule has 0 unspecified atom stereocenters. The van der Waals surface area contributed by atoms with Crippen molar-refractivity contribution in [1.29, 1.82) is 0 Å². The first-order chi connectivity index (χ1) is 10.8. The number of carbonyl (C=O) groups excluding carboxylic acids is 2. The molecule has 1 heterocycles. The minimum absolute atomic E-state index is 0.0176. The summed E-state index contributed by atoms with van der Waals surface area (Å²) in [6, 6.07) is 7.40. The van der Waals surface area contributed by atoms with Gasteiger partial charge in [0.25, 0.3) is 5.91 Å². The second-order valence-electron chi connectivity index (χ2n) is 6.26. The molecular formula is C17H21N3O2S. The van der Waals surface area contributed by atoms with E-state index in [4.69, 9.17) is 0 Å². The van der Waals surface area contributed by atoms with Crippen LogP contribution in [0.5, 0.6) is 0 Å². The van der Waals surface area contributed by atoms with Crippen LogP contribution in [0.25, 0.3) is 0 Å². The molecule has 0 radical (unpaired) electrons. The van der Waals surface area contributed by atoms with E-state index < -0.39 is 5.54 Å². The highest BCUT2D eigenvalue weighted by molar-refractivity contribution is 7.13. The van der Waals surface area contributed by atoms with Gasteiger partial charge in [-0.05, 0) is 39.3 Å². The number of thiazole rings is 1. The molecule has 2 amide bonds. The fourth-order valence-corrected chi connectivity index (χ4v) is 2.70. The number of amides is 2. The van der Waals surface area contributed by atoms with E-state index in [1.807, 2.05) is 45.9 Å². The van der Waals surface area contributed by atoms with Gasteiger partial charge in [-0.15, -0.1) is 11.3 Å². The van der Waals surface area contributed by atoms with Crippen LogP contribution in [0.2, 0.25) is 0 Å². The van der Waals surface area contributed by atoms with Gasteiger partial charge in [0.1, 0.15) is 6.54 Å². The second-order valence-corrected chi connectivity index (χ2v) is 7.16. The Morgan fingerprint density at radius 3 is 2.52 bits per heavy atom. The molecule has 0 atom stereocenters. The first-order valence-corrected chi connectivity index (χ1v) is 8.24. The Morgan fingerprint density at radius 1 is 1.26 bits per heavy atom. The number of nitrogens with zero attached hydrogens (tertiary/aromatic N) is 2. The third-order valence-electron chi connectivity index (χ3n) is 3.41. The molecule has 0 spiro atoms. The lowest BCUT2D eigenvalue weighted by Crippen LogP contribution is -2.49. The number of aromatic nitrogens is 1. The molecule has 0 bridgehead atoms. The van der Waals surface area contributed by atoms with Crippen LogP contribution in [0.3, 0.4) is 0 Å². The Morgan fingerprint density at radius 2 is 1.96 bits per heavy atom. The third kappa shape index (κ3) is 4.39. The summed E-state index contributed by atoms with van der Waals surface area (Å²) in [5.41, 5.74) is 1.04. The van der Waals surface area contributed by atoms with Gasteiger partial charge in [-0.2, -0.15) is 0 Å². The van der Waals surface area contributed by atoms with Gasteiger partial charge in [-0.25, -0.2) is 4.98 Å². The standard InChI is InChI=1S/C17H21N3O2S/c1-12-7-5-6-8-13(12)15(22)20(17(2,3)4)11-14(21)19-16-18-9-10-23-16/h5-10H,11H2,1-4H3,(H,18,19,21). The van der Waals surface area contributed by atoms with Crippen molar-refractivity contribution in [3.63, 3.8) is 0 Å². The molecule has 0 fully saturated rings. The van der Waals surface area contributed by atoms with Crippen LogP contribution >= 0.6 is 11.3 Å². The first kappa shape index (κ1) is 17.1. The summed E-state index contributed by atoms with van der Waals surface area (Å²) in [4.78, 5) is 30.7. The molecule has 6 heteroatoms. The smallest absolute Gasteiger partial charge is 0.255 e. The average Bonchev–Trinajstić information content (AvgIpc) is 2.96. The number of anilines is 1. The molecule has 23 heavy (non-hydrogen) atoms. The summed E-state index contributed by atoms with van der Waals surface area (Å²) in [5, 5.41) is 5.04. The molecule has 1 aromatic carbocycles. The molecule has 0 aliphatic carbocycles. The van der Waals surface area contributed by atoms with Crippen LogP contribution in [0.1, 0.15) is 36.7 Å². The minimum atomic E-state index is -0.473. The number of hydrogen-bond donors (Lipinski definition) is 1. The highest BCUT2D eigenvalue weighted by Gasteiger charge is 2.30. The lowest BCUT2D eigenvalue weighted by molar-refractivity contribution is -0.117. The van der Waals surface area contributed by atoms with E-state index in [1.54, 1.807) is 22.5 Å². The topological polar surface area (TPSA) is 62.3 Å². The molecule has 0 saturated heterocycles. The quantitative estimate of drug-likeness (QED) is 0.935. The van der Waals surface area contributed by atoms with E-state index >= 15 is 0 Å². The fourth-order valence-electron chi connectivity index (χ4n) is 2.16. The van der Waals surface area contributed by atoms with E-state index in [2.05, 4.69) is 10.3 Å². The van der Waals surface area contributed by atoms with Gasteiger partial charge >= 0.3 is 0 Å². The number of benzene rings is 1. The Kier molecular flexibility index (Phi) is 5.15. The number of hydrogen-bond acceptors (Lipinski definition) is 4. The van der Waals surface area contributed by atoms with Crippen LogP contribution in [-0.2, 0) is 4.79 Å². The van der Waals surface area contributed by atoms with Crippen molar-refractivity contribution in [1.82, 2.24) is 9.88 Å². The van der Waals surface area contributed by atoms with Crippen molar-refractivity contribution < 1.29 is 9.59 Å². The van der Waals surface area contributed by atoms with Crippen molar-refractivity contribution in [3.8, 4) is 0 Å². The molecule has 1 aromatic heterocycles. The van der Waals surface area contributed by atoms with Gasteiger partial charge < -0.3 is 10.2 Å². The molecular weight excluding hydrogens is 310 g/mol. The predicted octanol–water partition coefficient (Wildman–Crippen LogP) is 3.33. The SMILES string of the molecule is Cc1ccccc1C(=O)N(CC(=O)Nc1nccs1)C(C)(C)C. The van der Waals surface area contributed by atoms with Crippen molar-refractivity contribution in [2.45, 2.75) is 33.2 Å². The van der Waals surface area contributed by atoms with E-state index in [1.165, 1.54) is 11.3 Å². The number of aryl methyl sites for hydroxylation is 1. The Labute approximate surface area is 140 Å². The molecule has 122 valence electrons. The normalized spacial score (nSPS) is 11.1. The summed E-state index contributed by atoms with van der Waals surface area (Å²) >= 11 is 1.35. The summed E-state index contributed by atoms with van der Waals surface area (Å²) in [6.07, 6.45) is 1.63. The lowest BCUT2D eigenvalue weighted by Gasteiger charge is -2.35. The van der Waals surface area contributed by atoms with Gasteiger partial charge in [-0.1, -0.05) is 18.2 Å². The Bertz CT molecular complexity index is 690. The Balaban J connectivity index is 2.19. The maximum Gasteiger partial charge on any atom is 0.255 e. The first-order valence-electron chi connectivity index (χ1n) is 7.36. The highest BCUT2D eigenvalue weighted by atomic mass is 32.1. The van der Waals surface area contributed by atoms with Crippen LogP contribution in [0.15, 0.2) is 35.8 Å². The minimum Gasteiger partial charge on any atom is -0.324 e. The third-order valence-corrected chi connectivity index (χ3v) is 4.10. The zero-order valence-corrected chi connectivity index (χ0v) is 14.6. The van der Waals surface area contributed by atoms with Gasteiger partial charge in [0.2, 0.25) is 5.91 Å². The predicted molar refractivity (Wildman–Crippen MR) is 92.7 cm³/mol. The summed E-state index contributed by atoms with van der Waals surface area (Å²) in [5.74, 6) is -0.401. The molecule has 5 nitrogen and oxygen atoms in total. The monoisotopic (exact) mass is 331 g/mol. The maximum absolute atomic E-state index is 12.9. The molecule has 1 N–H and O–H groups in total. The summed E-state index contributed by atoms with van der Waals surface area (Å²) in [6.45, 7) is 7.62. The van der Waals surface area contributed by atoms with Gasteiger partial charge in [-0.3, -0.25) is 9.59 Å². The summed E-state index contributed by atoms with van der Waals surface area (Å²) in [7, 11) is 0. The molecule has 2 aromatic rings. The van der Waals surface area contributed by atoms with Crippen molar-refractivity contribution >= 4 is 28.3 Å². The fraction of sp³-hybridized carbons (Fsp3) is 0.353. The molecule has 0 aliphatic heterocycles. The number of rotatable bonds is 4. The van der Waals surface area contributed by atoms with Crippen LogP contribution < -0.4 is 5.32 Å². The van der Waals surface area contributed by atoms with Gasteiger partial charge in [0.15, 0.2) is 5.13 Å². The lowest BCUT2D eigenvalue weighted by atomic mass is 10.0. The summed E-state index contributed by atoms with van der Waals surface area (Å²) < 4.78 is 0. The van der Waals surface area contributed by atoms with E-state index in [0.717, 1.165) is 5.56 Å². The van der Waals surface area contributed by atoms with Crippen molar-refractivity contribution in [2.24, 2.45) is 0 Å². The van der Waals surface area contributed by atoms with Crippen LogP contribution in [0, 0.1) is 6.92 Å². The molecule has 2 rings (SSSR count). The van der Waals surface area contributed by atoms with E-state index in [0.29, 0.717) is 10.7 Å². The van der Waals surface area contributed by atoms with Crippen molar-refractivity contribution in [3.05, 3.63) is 47.0 Å². The Hall–Kier alpha value is -2.21. The average molecular weight is 331 g/mol. The number of carbonyl (C=O) groups is 2.